The van der Waals surface area contributed by atoms with Crippen molar-refractivity contribution in [3.05, 3.63) is 59.7 Å². The fraction of sp³-hybridized carbons (Fsp3) is 0.333. The molecule has 1 atom stereocenters. The zero-order chi connectivity index (χ0) is 21.8. The van der Waals surface area contributed by atoms with Gasteiger partial charge in [0.25, 0.3) is 0 Å². The largest absolute Gasteiger partial charge is 0.496 e. The van der Waals surface area contributed by atoms with E-state index in [1.807, 2.05) is 31.2 Å². The van der Waals surface area contributed by atoms with Gasteiger partial charge in [-0.05, 0) is 32.0 Å². The number of amides is 1. The molecule has 0 aliphatic heterocycles. The number of carbonyl (C=O) groups excluding carboxylic acids is 2. The van der Waals surface area contributed by atoms with Crippen molar-refractivity contribution in [2.24, 2.45) is 0 Å². The van der Waals surface area contributed by atoms with Gasteiger partial charge in [-0.25, -0.2) is 8.42 Å². The molecular formula is C21H26N2O5S. The van der Waals surface area contributed by atoms with Gasteiger partial charge in [-0.2, -0.15) is 4.31 Å². The van der Waals surface area contributed by atoms with Gasteiger partial charge in [0.1, 0.15) is 5.75 Å². The Morgan fingerprint density at radius 1 is 1.03 bits per heavy atom. The Balaban J connectivity index is 2.15. The van der Waals surface area contributed by atoms with Crippen molar-refractivity contribution in [1.29, 1.82) is 0 Å². The first-order valence-corrected chi connectivity index (χ1v) is 10.5. The van der Waals surface area contributed by atoms with Crippen LogP contribution in [0.15, 0.2) is 53.4 Å². The molecule has 0 spiro atoms. The molecule has 8 heteroatoms. The van der Waals surface area contributed by atoms with Crippen LogP contribution in [0.2, 0.25) is 0 Å². The molecule has 2 aromatic rings. The molecular weight excluding hydrogens is 392 g/mol. The molecule has 0 bridgehead atoms. The number of benzene rings is 2. The monoisotopic (exact) mass is 418 g/mol. The molecule has 0 N–H and O–H groups in total. The summed E-state index contributed by atoms with van der Waals surface area (Å²) < 4.78 is 31.9. The Kier molecular flexibility index (Phi) is 7.16. The smallest absolute Gasteiger partial charge is 0.243 e. The molecule has 2 rings (SSSR count). The third kappa shape index (κ3) is 5.02. The number of likely N-dealkylation sites (N-methyl/N-ethyl adjacent to an activating group) is 2. The molecule has 0 radical (unpaired) electrons. The van der Waals surface area contributed by atoms with Gasteiger partial charge in [-0.1, -0.05) is 30.3 Å². The van der Waals surface area contributed by atoms with Crippen LogP contribution in [0.1, 0.15) is 35.8 Å². The maximum absolute atomic E-state index is 12.8. The van der Waals surface area contributed by atoms with Crippen LogP contribution in [0.3, 0.4) is 0 Å². The summed E-state index contributed by atoms with van der Waals surface area (Å²) in [6.45, 7) is 2.95. The molecule has 0 saturated heterocycles. The Hall–Kier alpha value is -2.71. The Morgan fingerprint density at radius 3 is 2.17 bits per heavy atom. The average molecular weight is 419 g/mol. The minimum absolute atomic E-state index is 0.0261. The first-order chi connectivity index (χ1) is 13.6. The van der Waals surface area contributed by atoms with Crippen molar-refractivity contribution in [2.45, 2.75) is 24.8 Å². The van der Waals surface area contributed by atoms with Crippen LogP contribution in [-0.4, -0.2) is 57.1 Å². The molecule has 2 aromatic carbocycles. The highest BCUT2D eigenvalue weighted by Gasteiger charge is 2.27. The summed E-state index contributed by atoms with van der Waals surface area (Å²) in [7, 11) is 0.679. The summed E-state index contributed by atoms with van der Waals surface area (Å²) in [5, 5.41) is 0. The van der Waals surface area contributed by atoms with E-state index in [1.54, 1.807) is 14.2 Å². The van der Waals surface area contributed by atoms with Crippen molar-refractivity contribution in [1.82, 2.24) is 9.21 Å². The number of methoxy groups -OCH3 is 1. The zero-order valence-corrected chi connectivity index (χ0v) is 18.1. The third-order valence-electron chi connectivity index (χ3n) is 4.89. The van der Waals surface area contributed by atoms with E-state index in [1.165, 1.54) is 43.1 Å². The van der Waals surface area contributed by atoms with Crippen molar-refractivity contribution in [3.63, 3.8) is 0 Å². The lowest BCUT2D eigenvalue weighted by atomic mass is 10.1. The molecule has 1 amide bonds. The van der Waals surface area contributed by atoms with Crippen LogP contribution < -0.4 is 4.74 Å². The van der Waals surface area contributed by atoms with Gasteiger partial charge in [0.2, 0.25) is 15.9 Å². The maximum Gasteiger partial charge on any atom is 0.243 e. The lowest BCUT2D eigenvalue weighted by Crippen LogP contribution is -2.40. The first-order valence-electron chi connectivity index (χ1n) is 9.05. The van der Waals surface area contributed by atoms with Gasteiger partial charge in [-0.15, -0.1) is 0 Å². The summed E-state index contributed by atoms with van der Waals surface area (Å²) in [4.78, 5) is 25.6. The van der Waals surface area contributed by atoms with Crippen molar-refractivity contribution in [3.8, 4) is 5.75 Å². The van der Waals surface area contributed by atoms with E-state index in [4.69, 9.17) is 4.74 Å². The Bertz CT molecular complexity index is 986. The number of carbonyl (C=O) groups is 2. The number of hydrogen-bond acceptors (Lipinski definition) is 5. The van der Waals surface area contributed by atoms with Gasteiger partial charge in [0.05, 0.1) is 24.6 Å². The number of rotatable bonds is 8. The number of ketones is 1. The van der Waals surface area contributed by atoms with Crippen LogP contribution in [0.25, 0.3) is 0 Å². The topological polar surface area (TPSA) is 84.0 Å². The lowest BCUT2D eigenvalue weighted by molar-refractivity contribution is -0.131. The molecule has 7 nitrogen and oxygen atoms in total. The molecule has 0 aromatic heterocycles. The maximum atomic E-state index is 12.8. The minimum atomic E-state index is -3.86. The summed E-state index contributed by atoms with van der Waals surface area (Å²) in [5.74, 6) is 0.158. The van der Waals surface area contributed by atoms with Crippen LogP contribution >= 0.6 is 0 Å². The number of Topliss-reactive ketones (excluding diaryl/α,β-unsaturated/α-hetero) is 1. The SMILES string of the molecule is COc1ccccc1C(C)N(C)C(=O)CN(C)S(=O)(=O)c1ccc(C(C)=O)cc1. The highest BCUT2D eigenvalue weighted by Crippen LogP contribution is 2.28. The van der Waals surface area contributed by atoms with Gasteiger partial charge in [0.15, 0.2) is 5.78 Å². The van der Waals surface area contributed by atoms with Gasteiger partial charge in [-0.3, -0.25) is 9.59 Å². The van der Waals surface area contributed by atoms with Crippen LogP contribution in [0.4, 0.5) is 0 Å². The standard InChI is InChI=1S/C21H26N2O5S/c1-15(19-8-6-7-9-20(19)28-5)23(4)21(25)14-22(3)29(26,27)18-12-10-17(11-13-18)16(2)24/h6-13,15H,14H2,1-5H3. The number of sulfonamides is 1. The zero-order valence-electron chi connectivity index (χ0n) is 17.2. The van der Waals surface area contributed by atoms with Gasteiger partial charge < -0.3 is 9.64 Å². The molecule has 0 aliphatic carbocycles. The fourth-order valence-electron chi connectivity index (χ4n) is 2.86. The van der Waals surface area contributed by atoms with Crippen LogP contribution in [0.5, 0.6) is 5.75 Å². The highest BCUT2D eigenvalue weighted by atomic mass is 32.2. The molecule has 0 fully saturated rings. The molecule has 29 heavy (non-hydrogen) atoms. The van der Waals surface area contributed by atoms with Crippen LogP contribution in [-0.2, 0) is 14.8 Å². The first kappa shape index (κ1) is 22.6. The number of para-hydroxylation sites is 1. The van der Waals surface area contributed by atoms with E-state index >= 15 is 0 Å². The predicted molar refractivity (Wildman–Crippen MR) is 110 cm³/mol. The average Bonchev–Trinajstić information content (AvgIpc) is 2.72. The van der Waals surface area contributed by atoms with E-state index in [0.29, 0.717) is 11.3 Å². The number of ether oxygens (including phenoxy) is 1. The number of hydrogen-bond donors (Lipinski definition) is 0. The van der Waals surface area contributed by atoms with Gasteiger partial charge >= 0.3 is 0 Å². The number of nitrogens with zero attached hydrogens (tertiary/aromatic N) is 2. The van der Waals surface area contributed by atoms with E-state index in [0.717, 1.165) is 9.87 Å². The molecule has 0 aliphatic rings. The highest BCUT2D eigenvalue weighted by molar-refractivity contribution is 7.89. The van der Waals surface area contributed by atoms with E-state index in [2.05, 4.69) is 0 Å². The van der Waals surface area contributed by atoms with Crippen molar-refractivity contribution >= 4 is 21.7 Å². The molecule has 0 heterocycles. The Morgan fingerprint density at radius 2 is 1.62 bits per heavy atom. The normalized spacial score (nSPS) is 12.5. The van der Waals surface area contributed by atoms with Crippen molar-refractivity contribution < 1.29 is 22.7 Å². The second kappa shape index (κ2) is 9.19. The summed E-state index contributed by atoms with van der Waals surface area (Å²) in [6, 6.07) is 12.7. The minimum Gasteiger partial charge on any atom is -0.496 e. The second-order valence-electron chi connectivity index (χ2n) is 6.76. The van der Waals surface area contributed by atoms with Gasteiger partial charge in [0, 0.05) is 25.2 Å². The lowest BCUT2D eigenvalue weighted by Gasteiger charge is -2.28. The van der Waals surface area contributed by atoms with Crippen LogP contribution in [0, 0.1) is 0 Å². The molecule has 156 valence electrons. The van der Waals surface area contributed by atoms with E-state index in [-0.39, 0.29) is 29.2 Å². The molecule has 0 saturated carbocycles. The third-order valence-corrected chi connectivity index (χ3v) is 6.71. The van der Waals surface area contributed by atoms with Crippen molar-refractivity contribution in [2.75, 3.05) is 27.7 Å². The molecule has 1 unspecified atom stereocenters. The van der Waals surface area contributed by atoms with E-state index < -0.39 is 10.0 Å². The predicted octanol–water partition coefficient (Wildman–Crippen LogP) is 2.74. The quantitative estimate of drug-likeness (QED) is 0.616. The Labute approximate surface area is 171 Å². The fourth-order valence-corrected chi connectivity index (χ4v) is 3.99. The summed E-state index contributed by atoms with van der Waals surface area (Å²) in [5.41, 5.74) is 1.25. The summed E-state index contributed by atoms with van der Waals surface area (Å²) >= 11 is 0. The second-order valence-corrected chi connectivity index (χ2v) is 8.81. The summed E-state index contributed by atoms with van der Waals surface area (Å²) in [6.07, 6.45) is 0. The van der Waals surface area contributed by atoms with E-state index in [9.17, 15) is 18.0 Å².